The van der Waals surface area contributed by atoms with E-state index >= 15 is 0 Å². The van der Waals surface area contributed by atoms with Crippen LogP contribution < -0.4 is 5.73 Å². The fourth-order valence-corrected chi connectivity index (χ4v) is 4.15. The van der Waals surface area contributed by atoms with E-state index in [2.05, 4.69) is 23.8 Å². The molecule has 3 nitrogen and oxygen atoms in total. The van der Waals surface area contributed by atoms with Gasteiger partial charge in [0.25, 0.3) is 0 Å². The van der Waals surface area contributed by atoms with Gasteiger partial charge >= 0.3 is 0 Å². The largest absolute Gasteiger partial charge is 0.369 e. The molecule has 4 heteroatoms. The van der Waals surface area contributed by atoms with Crippen molar-refractivity contribution in [3.05, 3.63) is 71.3 Å². The minimum absolute atomic E-state index is 0.0676. The van der Waals surface area contributed by atoms with Gasteiger partial charge in [-0.25, -0.2) is 9.37 Å². The van der Waals surface area contributed by atoms with Gasteiger partial charge in [-0.1, -0.05) is 50.2 Å². The Morgan fingerprint density at radius 1 is 1.08 bits per heavy atom. The second-order valence-electron chi connectivity index (χ2n) is 7.51. The Morgan fingerprint density at radius 3 is 2.44 bits per heavy atom. The summed E-state index contributed by atoms with van der Waals surface area (Å²) >= 11 is 0. The summed E-state index contributed by atoms with van der Waals surface area (Å²) in [6, 6.07) is 15.2. The van der Waals surface area contributed by atoms with Crippen molar-refractivity contribution in [2.45, 2.75) is 32.6 Å². The number of aryl methyl sites for hydroxylation is 1. The molecule has 1 fully saturated rings. The minimum Gasteiger partial charge on any atom is -0.369 e. The van der Waals surface area contributed by atoms with E-state index in [0.717, 1.165) is 22.5 Å². The van der Waals surface area contributed by atoms with Gasteiger partial charge in [-0.2, -0.15) is 0 Å². The number of nitrogens with one attached hydrogen (secondary N) is 1. The monoisotopic (exact) mass is 335 g/mol. The summed E-state index contributed by atoms with van der Waals surface area (Å²) < 4.78 is 14.4. The Labute approximate surface area is 147 Å². The first-order chi connectivity index (χ1) is 11.9. The molecule has 25 heavy (non-hydrogen) atoms. The molecule has 1 aliphatic carbocycles. The molecular formula is C21H22FN3. The van der Waals surface area contributed by atoms with Gasteiger partial charge in [-0.3, -0.25) is 0 Å². The van der Waals surface area contributed by atoms with E-state index in [0.29, 0.717) is 17.4 Å². The fourth-order valence-electron chi connectivity index (χ4n) is 4.15. The van der Waals surface area contributed by atoms with E-state index in [-0.39, 0.29) is 17.2 Å². The molecule has 0 spiro atoms. The Balaban J connectivity index is 1.74. The average Bonchev–Trinajstić information content (AvgIpc) is 2.98. The quantitative estimate of drug-likeness (QED) is 0.706. The number of hydrogen-bond acceptors (Lipinski definition) is 2. The summed E-state index contributed by atoms with van der Waals surface area (Å²) in [6.07, 6.45) is 0. The Morgan fingerprint density at radius 2 is 1.80 bits per heavy atom. The van der Waals surface area contributed by atoms with Crippen molar-refractivity contribution in [3.8, 4) is 11.1 Å². The van der Waals surface area contributed by atoms with Gasteiger partial charge in [0.05, 0.1) is 5.69 Å². The van der Waals surface area contributed by atoms with Crippen LogP contribution in [0.2, 0.25) is 0 Å². The third kappa shape index (κ3) is 2.53. The molecule has 2 aromatic carbocycles. The van der Waals surface area contributed by atoms with E-state index in [1.807, 2.05) is 49.4 Å². The number of imidazole rings is 1. The first kappa shape index (κ1) is 15.9. The molecule has 0 radical (unpaired) electrons. The number of hydrogen-bond donors (Lipinski definition) is 2. The lowest BCUT2D eigenvalue weighted by molar-refractivity contribution is 0.596. The van der Waals surface area contributed by atoms with Gasteiger partial charge in [0.1, 0.15) is 5.82 Å². The molecule has 128 valence electrons. The number of nitrogens with zero attached hydrogens (tertiary/aromatic N) is 1. The summed E-state index contributed by atoms with van der Waals surface area (Å²) in [5.41, 5.74) is 10.6. The van der Waals surface area contributed by atoms with Crippen LogP contribution in [0.4, 0.5) is 10.3 Å². The van der Waals surface area contributed by atoms with Crippen molar-refractivity contribution < 1.29 is 4.39 Å². The Kier molecular flexibility index (Phi) is 3.46. The number of nitrogens with two attached hydrogens (primary N) is 1. The smallest absolute Gasteiger partial charge is 0.197 e. The van der Waals surface area contributed by atoms with Crippen LogP contribution in [0.3, 0.4) is 0 Å². The zero-order valence-corrected chi connectivity index (χ0v) is 14.7. The van der Waals surface area contributed by atoms with Crippen LogP contribution in [0.5, 0.6) is 0 Å². The highest BCUT2D eigenvalue weighted by atomic mass is 19.1. The van der Waals surface area contributed by atoms with Gasteiger partial charge in [-0.15, -0.1) is 0 Å². The third-order valence-corrected chi connectivity index (χ3v) is 5.50. The van der Waals surface area contributed by atoms with Gasteiger partial charge in [0.15, 0.2) is 5.95 Å². The van der Waals surface area contributed by atoms with Crippen LogP contribution in [0, 0.1) is 18.2 Å². The molecule has 1 aromatic heterocycles. The Hall–Kier alpha value is -2.62. The molecule has 0 aliphatic heterocycles. The maximum Gasteiger partial charge on any atom is 0.197 e. The molecule has 0 amide bonds. The van der Waals surface area contributed by atoms with E-state index in [1.54, 1.807) is 6.07 Å². The molecule has 2 atom stereocenters. The van der Waals surface area contributed by atoms with Crippen LogP contribution in [0.25, 0.3) is 11.1 Å². The van der Waals surface area contributed by atoms with Crippen LogP contribution in [-0.2, 0) is 0 Å². The number of halogens is 1. The van der Waals surface area contributed by atoms with Gasteiger partial charge in [-0.05, 0) is 41.5 Å². The lowest BCUT2D eigenvalue weighted by Gasteiger charge is -2.08. The van der Waals surface area contributed by atoms with E-state index < -0.39 is 0 Å². The summed E-state index contributed by atoms with van der Waals surface area (Å²) in [7, 11) is 0. The summed E-state index contributed by atoms with van der Waals surface area (Å²) in [6.45, 7) is 6.47. The highest BCUT2D eigenvalue weighted by Crippen LogP contribution is 2.70. The number of H-pyrrole nitrogens is 1. The number of anilines is 1. The number of aromatic amines is 1. The van der Waals surface area contributed by atoms with Crippen LogP contribution in [0.15, 0.2) is 48.5 Å². The molecule has 0 saturated heterocycles. The zero-order valence-electron chi connectivity index (χ0n) is 14.7. The molecule has 3 N–H and O–H groups in total. The molecule has 1 aliphatic rings. The van der Waals surface area contributed by atoms with Crippen molar-refractivity contribution in [3.63, 3.8) is 0 Å². The zero-order chi connectivity index (χ0) is 17.8. The van der Waals surface area contributed by atoms with Crippen molar-refractivity contribution in [1.82, 2.24) is 9.97 Å². The second-order valence-corrected chi connectivity index (χ2v) is 7.51. The van der Waals surface area contributed by atoms with Gasteiger partial charge in [0.2, 0.25) is 0 Å². The fraction of sp³-hybridized carbons (Fsp3) is 0.286. The molecule has 1 saturated carbocycles. The first-order valence-electron chi connectivity index (χ1n) is 8.56. The topological polar surface area (TPSA) is 54.7 Å². The predicted molar refractivity (Wildman–Crippen MR) is 98.8 cm³/mol. The molecule has 1 heterocycles. The Bertz CT molecular complexity index is 928. The molecular weight excluding hydrogens is 313 g/mol. The highest BCUT2D eigenvalue weighted by molar-refractivity contribution is 5.65. The predicted octanol–water partition coefficient (Wildman–Crippen LogP) is 5.01. The lowest BCUT2D eigenvalue weighted by Crippen LogP contribution is -1.93. The van der Waals surface area contributed by atoms with E-state index in [4.69, 9.17) is 5.73 Å². The summed E-state index contributed by atoms with van der Waals surface area (Å²) in [4.78, 5) is 7.58. The number of aromatic nitrogens is 2. The molecule has 2 unspecified atom stereocenters. The van der Waals surface area contributed by atoms with Crippen molar-refractivity contribution >= 4 is 5.95 Å². The molecule has 0 bridgehead atoms. The van der Waals surface area contributed by atoms with Crippen molar-refractivity contribution in [1.29, 1.82) is 0 Å². The minimum atomic E-state index is -0.190. The number of rotatable bonds is 3. The van der Waals surface area contributed by atoms with Crippen molar-refractivity contribution in [2.24, 2.45) is 5.41 Å². The average molecular weight is 335 g/mol. The summed E-state index contributed by atoms with van der Waals surface area (Å²) in [5, 5.41) is 0. The lowest BCUT2D eigenvalue weighted by atomic mass is 9.97. The second kappa shape index (κ2) is 5.45. The van der Waals surface area contributed by atoms with E-state index in [9.17, 15) is 4.39 Å². The normalized spacial score (nSPS) is 21.3. The SMILES string of the molecule is Cc1[nH]c(N)nc1C1C(c2ccc(F)c(-c3ccccc3)c2)C1(C)C. The van der Waals surface area contributed by atoms with Crippen molar-refractivity contribution in [2.75, 3.05) is 5.73 Å². The maximum absolute atomic E-state index is 14.4. The van der Waals surface area contributed by atoms with Crippen LogP contribution in [0.1, 0.15) is 42.6 Å². The first-order valence-corrected chi connectivity index (χ1v) is 8.56. The number of nitrogen functional groups attached to an aromatic ring is 1. The maximum atomic E-state index is 14.4. The van der Waals surface area contributed by atoms with Gasteiger partial charge < -0.3 is 10.7 Å². The standard InChI is InChI=1S/C21H22FN3/c1-12-19(25-20(23)24-12)18-17(21(18,2)3)14-9-10-16(22)15(11-14)13-7-5-4-6-8-13/h4-11,17-18H,1-3H3,(H3,23,24,25). The van der Waals surface area contributed by atoms with Crippen LogP contribution in [-0.4, -0.2) is 9.97 Å². The van der Waals surface area contributed by atoms with E-state index in [1.165, 1.54) is 0 Å². The van der Waals surface area contributed by atoms with Crippen LogP contribution >= 0.6 is 0 Å². The highest BCUT2D eigenvalue weighted by Gasteiger charge is 2.60. The third-order valence-electron chi connectivity index (χ3n) is 5.50. The summed E-state index contributed by atoms with van der Waals surface area (Å²) in [5.74, 6) is 0.857. The molecule has 3 aromatic rings. The number of benzene rings is 2. The molecule has 4 rings (SSSR count). The van der Waals surface area contributed by atoms with Gasteiger partial charge in [0, 0.05) is 17.2 Å².